The molecule has 0 fully saturated rings. The third-order valence-electron chi connectivity index (χ3n) is 1.86. The van der Waals surface area contributed by atoms with E-state index in [0.717, 1.165) is 27.0 Å². The maximum atomic E-state index is 10.5. The molecule has 1 aromatic heterocycles. The minimum Gasteiger partial charge on any atom is -0.297 e. The highest BCUT2D eigenvalue weighted by molar-refractivity contribution is 7.98. The van der Waals surface area contributed by atoms with Crippen molar-refractivity contribution in [2.24, 2.45) is 0 Å². The summed E-state index contributed by atoms with van der Waals surface area (Å²) < 4.78 is 0. The second-order valence-electron chi connectivity index (χ2n) is 3.02. The molecule has 0 N–H and O–H groups in total. The number of aromatic nitrogens is 1. The SMILES string of the molecule is O=Cc1cnc(CSc2ccc(Cl)cc2)s1. The summed E-state index contributed by atoms with van der Waals surface area (Å²) in [5, 5.41) is 1.70. The van der Waals surface area contributed by atoms with E-state index in [1.165, 1.54) is 11.3 Å². The zero-order valence-electron chi connectivity index (χ0n) is 8.22. The molecule has 0 aliphatic rings. The van der Waals surface area contributed by atoms with E-state index in [0.29, 0.717) is 4.88 Å². The lowest BCUT2D eigenvalue weighted by Gasteiger charge is -1.98. The van der Waals surface area contributed by atoms with Crippen LogP contribution in [-0.2, 0) is 5.75 Å². The third kappa shape index (κ3) is 3.07. The van der Waals surface area contributed by atoms with Gasteiger partial charge in [-0.25, -0.2) is 4.98 Å². The van der Waals surface area contributed by atoms with Gasteiger partial charge in [-0.1, -0.05) is 11.6 Å². The topological polar surface area (TPSA) is 30.0 Å². The number of aldehydes is 1. The van der Waals surface area contributed by atoms with Crippen molar-refractivity contribution < 1.29 is 4.79 Å². The first-order valence-electron chi connectivity index (χ1n) is 4.56. The molecular weight excluding hydrogens is 262 g/mol. The average Bonchev–Trinajstić information content (AvgIpc) is 2.76. The lowest BCUT2D eigenvalue weighted by molar-refractivity contribution is 0.112. The zero-order valence-corrected chi connectivity index (χ0v) is 10.6. The molecular formula is C11H8ClNOS2. The number of carbonyl (C=O) groups excluding carboxylic acids is 1. The van der Waals surface area contributed by atoms with E-state index in [2.05, 4.69) is 4.98 Å². The number of hydrogen-bond acceptors (Lipinski definition) is 4. The predicted molar refractivity (Wildman–Crippen MR) is 68.5 cm³/mol. The number of thioether (sulfide) groups is 1. The van der Waals surface area contributed by atoms with Gasteiger partial charge < -0.3 is 0 Å². The standard InChI is InChI=1S/C11H8ClNOS2/c12-8-1-3-9(4-2-8)15-7-11-13-5-10(6-14)16-11/h1-6H,7H2. The fraction of sp³-hybridized carbons (Fsp3) is 0.0909. The highest BCUT2D eigenvalue weighted by atomic mass is 35.5. The molecule has 0 atom stereocenters. The number of nitrogens with zero attached hydrogens (tertiary/aromatic N) is 1. The van der Waals surface area contributed by atoms with E-state index in [9.17, 15) is 4.79 Å². The molecule has 0 unspecified atom stereocenters. The van der Waals surface area contributed by atoms with Crippen LogP contribution in [0.1, 0.15) is 14.7 Å². The Balaban J connectivity index is 1.96. The minimum absolute atomic E-state index is 0.673. The van der Waals surface area contributed by atoms with Gasteiger partial charge in [-0.05, 0) is 24.3 Å². The highest BCUT2D eigenvalue weighted by Crippen LogP contribution is 2.25. The van der Waals surface area contributed by atoms with Gasteiger partial charge in [-0.15, -0.1) is 23.1 Å². The fourth-order valence-corrected chi connectivity index (χ4v) is 2.88. The summed E-state index contributed by atoms with van der Waals surface area (Å²) in [4.78, 5) is 16.5. The van der Waals surface area contributed by atoms with Crippen molar-refractivity contribution in [2.45, 2.75) is 10.6 Å². The molecule has 2 aromatic rings. The Morgan fingerprint density at radius 3 is 2.75 bits per heavy atom. The first-order valence-corrected chi connectivity index (χ1v) is 6.74. The van der Waals surface area contributed by atoms with Crippen molar-refractivity contribution in [3.63, 3.8) is 0 Å². The predicted octanol–water partition coefficient (Wildman–Crippen LogP) is 3.90. The molecule has 0 aliphatic heterocycles. The van der Waals surface area contributed by atoms with Crippen molar-refractivity contribution >= 4 is 41.0 Å². The molecule has 0 saturated carbocycles. The summed E-state index contributed by atoms with van der Waals surface area (Å²) in [6.07, 6.45) is 2.43. The van der Waals surface area contributed by atoms with E-state index in [1.807, 2.05) is 24.3 Å². The fourth-order valence-electron chi connectivity index (χ4n) is 1.12. The largest absolute Gasteiger partial charge is 0.297 e. The smallest absolute Gasteiger partial charge is 0.161 e. The van der Waals surface area contributed by atoms with Gasteiger partial charge in [-0.3, -0.25) is 4.79 Å². The van der Waals surface area contributed by atoms with Crippen LogP contribution in [0.4, 0.5) is 0 Å². The third-order valence-corrected chi connectivity index (χ3v) is 4.24. The molecule has 1 heterocycles. The number of carbonyl (C=O) groups is 1. The molecule has 0 radical (unpaired) electrons. The molecule has 0 amide bonds. The maximum Gasteiger partial charge on any atom is 0.161 e. The normalized spacial score (nSPS) is 10.3. The van der Waals surface area contributed by atoms with Gasteiger partial charge in [-0.2, -0.15) is 0 Å². The number of halogens is 1. The lowest BCUT2D eigenvalue weighted by Crippen LogP contribution is -1.77. The average molecular weight is 270 g/mol. The van der Waals surface area contributed by atoms with Crippen LogP contribution in [0.2, 0.25) is 5.02 Å². The number of hydrogen-bond donors (Lipinski definition) is 0. The van der Waals surface area contributed by atoms with E-state index in [-0.39, 0.29) is 0 Å². The van der Waals surface area contributed by atoms with Crippen molar-refractivity contribution in [1.29, 1.82) is 0 Å². The Bertz CT molecular complexity index is 481. The molecule has 0 saturated heterocycles. The van der Waals surface area contributed by atoms with Crippen molar-refractivity contribution in [2.75, 3.05) is 0 Å². The molecule has 0 bridgehead atoms. The van der Waals surface area contributed by atoms with Crippen LogP contribution < -0.4 is 0 Å². The Kier molecular flexibility index (Phi) is 3.98. The lowest BCUT2D eigenvalue weighted by atomic mass is 10.4. The van der Waals surface area contributed by atoms with Gasteiger partial charge in [0, 0.05) is 16.1 Å². The van der Waals surface area contributed by atoms with Crippen molar-refractivity contribution in [3.8, 4) is 0 Å². The van der Waals surface area contributed by atoms with Gasteiger partial charge in [0.05, 0.1) is 10.6 Å². The molecule has 0 aliphatic carbocycles. The summed E-state index contributed by atoms with van der Waals surface area (Å²) in [6.45, 7) is 0. The summed E-state index contributed by atoms with van der Waals surface area (Å²) in [5.74, 6) is 0.778. The molecule has 1 aromatic carbocycles. The summed E-state index contributed by atoms with van der Waals surface area (Å²) in [5.41, 5.74) is 0. The zero-order chi connectivity index (χ0) is 11.4. The van der Waals surface area contributed by atoms with E-state index in [4.69, 9.17) is 11.6 Å². The summed E-state index contributed by atoms with van der Waals surface area (Å²) >= 11 is 8.90. The number of benzene rings is 1. The number of thiazole rings is 1. The Morgan fingerprint density at radius 1 is 1.38 bits per heavy atom. The van der Waals surface area contributed by atoms with Crippen LogP contribution in [0.25, 0.3) is 0 Å². The van der Waals surface area contributed by atoms with Crippen molar-refractivity contribution in [1.82, 2.24) is 4.98 Å². The quantitative estimate of drug-likeness (QED) is 0.623. The van der Waals surface area contributed by atoms with Crippen LogP contribution >= 0.6 is 34.7 Å². The first kappa shape index (κ1) is 11.6. The maximum absolute atomic E-state index is 10.5. The van der Waals surface area contributed by atoms with Crippen LogP contribution in [0.5, 0.6) is 0 Å². The van der Waals surface area contributed by atoms with Crippen LogP contribution in [0.3, 0.4) is 0 Å². The second kappa shape index (κ2) is 5.48. The van der Waals surface area contributed by atoms with Gasteiger partial charge in [0.25, 0.3) is 0 Å². The van der Waals surface area contributed by atoms with Crippen LogP contribution in [-0.4, -0.2) is 11.3 Å². The molecule has 82 valence electrons. The van der Waals surface area contributed by atoms with Crippen LogP contribution in [0, 0.1) is 0 Å². The number of rotatable bonds is 4. The highest BCUT2D eigenvalue weighted by Gasteiger charge is 2.02. The van der Waals surface area contributed by atoms with Gasteiger partial charge >= 0.3 is 0 Å². The Morgan fingerprint density at radius 2 is 2.12 bits per heavy atom. The monoisotopic (exact) mass is 269 g/mol. The second-order valence-corrected chi connectivity index (χ2v) is 5.65. The molecule has 0 spiro atoms. The summed E-state index contributed by atoms with van der Waals surface area (Å²) in [6, 6.07) is 7.67. The molecule has 2 rings (SSSR count). The van der Waals surface area contributed by atoms with Crippen molar-refractivity contribution in [3.05, 3.63) is 45.4 Å². The van der Waals surface area contributed by atoms with E-state index in [1.54, 1.807) is 18.0 Å². The Labute approximate surface area is 107 Å². The van der Waals surface area contributed by atoms with E-state index >= 15 is 0 Å². The molecule has 2 nitrogen and oxygen atoms in total. The van der Waals surface area contributed by atoms with Crippen LogP contribution in [0.15, 0.2) is 35.4 Å². The van der Waals surface area contributed by atoms with E-state index < -0.39 is 0 Å². The van der Waals surface area contributed by atoms with Gasteiger partial charge in [0.2, 0.25) is 0 Å². The Hall–Kier alpha value is -0.840. The minimum atomic E-state index is 0.673. The molecule has 5 heteroatoms. The summed E-state index contributed by atoms with van der Waals surface area (Å²) in [7, 11) is 0. The first-order chi connectivity index (χ1) is 7.78. The molecule has 16 heavy (non-hydrogen) atoms. The van der Waals surface area contributed by atoms with Gasteiger partial charge in [0.1, 0.15) is 5.01 Å². The van der Waals surface area contributed by atoms with Gasteiger partial charge in [0.15, 0.2) is 6.29 Å².